The van der Waals surface area contributed by atoms with Crippen LogP contribution in [0.1, 0.15) is 73.1 Å². The first-order chi connectivity index (χ1) is 10.1. The number of hydrogen-bond donors (Lipinski definition) is 1. The summed E-state index contributed by atoms with van der Waals surface area (Å²) in [6.07, 6.45) is 8.74. The molecule has 5 atom stereocenters. The van der Waals surface area contributed by atoms with E-state index in [1.165, 1.54) is 51.6 Å². The van der Waals surface area contributed by atoms with Crippen LogP contribution in [0.5, 0.6) is 0 Å². The Bertz CT molecular complexity index is 313. The SMILES string of the molecule is CCNC(CC1CC2CCC1C2)C(C)(CC)N(CC)CC. The topological polar surface area (TPSA) is 15.3 Å². The number of nitrogens with one attached hydrogen (secondary N) is 1. The summed E-state index contributed by atoms with van der Waals surface area (Å²) in [6.45, 7) is 15.2. The Morgan fingerprint density at radius 2 is 1.81 bits per heavy atom. The number of likely N-dealkylation sites (N-methyl/N-ethyl adjacent to an activating group) is 2. The molecule has 0 aliphatic heterocycles. The normalized spacial score (nSPS) is 32.6. The third-order valence-electron chi connectivity index (χ3n) is 6.83. The Morgan fingerprint density at radius 1 is 1.10 bits per heavy atom. The molecule has 0 radical (unpaired) electrons. The average molecular weight is 295 g/mol. The lowest BCUT2D eigenvalue weighted by Gasteiger charge is -2.47. The molecule has 2 heteroatoms. The van der Waals surface area contributed by atoms with Crippen molar-refractivity contribution in [3.8, 4) is 0 Å². The molecule has 0 aromatic heterocycles. The summed E-state index contributed by atoms with van der Waals surface area (Å²) in [4.78, 5) is 2.69. The van der Waals surface area contributed by atoms with E-state index >= 15 is 0 Å². The van der Waals surface area contributed by atoms with E-state index in [4.69, 9.17) is 0 Å². The lowest BCUT2D eigenvalue weighted by atomic mass is 9.77. The molecule has 2 nitrogen and oxygen atoms in total. The predicted octanol–water partition coefficient (Wildman–Crippen LogP) is 4.30. The highest BCUT2D eigenvalue weighted by atomic mass is 15.2. The summed E-state index contributed by atoms with van der Waals surface area (Å²) in [5.74, 6) is 3.12. The summed E-state index contributed by atoms with van der Waals surface area (Å²) in [5, 5.41) is 3.87. The second-order valence-corrected chi connectivity index (χ2v) is 7.66. The van der Waals surface area contributed by atoms with Crippen molar-refractivity contribution in [3.05, 3.63) is 0 Å². The summed E-state index contributed by atoms with van der Waals surface area (Å²) < 4.78 is 0. The Labute approximate surface area is 133 Å². The maximum atomic E-state index is 3.87. The zero-order chi connectivity index (χ0) is 15.5. The molecule has 5 unspecified atom stereocenters. The molecule has 1 N–H and O–H groups in total. The third-order valence-corrected chi connectivity index (χ3v) is 6.83. The van der Waals surface area contributed by atoms with Crippen LogP contribution in [0.3, 0.4) is 0 Å². The van der Waals surface area contributed by atoms with Gasteiger partial charge in [-0.1, -0.05) is 34.1 Å². The molecule has 0 heterocycles. The highest BCUT2D eigenvalue weighted by molar-refractivity contribution is 5.00. The van der Waals surface area contributed by atoms with Gasteiger partial charge in [-0.3, -0.25) is 4.90 Å². The first-order valence-corrected chi connectivity index (χ1v) is 9.57. The van der Waals surface area contributed by atoms with Crippen molar-refractivity contribution in [2.45, 2.75) is 84.7 Å². The van der Waals surface area contributed by atoms with Crippen molar-refractivity contribution in [2.24, 2.45) is 17.8 Å². The van der Waals surface area contributed by atoms with Gasteiger partial charge in [-0.25, -0.2) is 0 Å². The fraction of sp³-hybridized carbons (Fsp3) is 1.00. The maximum Gasteiger partial charge on any atom is 0.0331 e. The van der Waals surface area contributed by atoms with E-state index in [-0.39, 0.29) is 0 Å². The minimum atomic E-state index is 0.307. The zero-order valence-electron chi connectivity index (χ0n) is 15.1. The molecule has 2 fully saturated rings. The van der Waals surface area contributed by atoms with Crippen LogP contribution >= 0.6 is 0 Å². The second-order valence-electron chi connectivity index (χ2n) is 7.66. The fourth-order valence-corrected chi connectivity index (χ4v) is 5.41. The van der Waals surface area contributed by atoms with Gasteiger partial charge in [0.05, 0.1) is 0 Å². The van der Waals surface area contributed by atoms with Crippen molar-refractivity contribution in [1.82, 2.24) is 10.2 Å². The van der Waals surface area contributed by atoms with Gasteiger partial charge in [-0.2, -0.15) is 0 Å². The van der Waals surface area contributed by atoms with E-state index in [1.807, 2.05) is 0 Å². The van der Waals surface area contributed by atoms with Gasteiger partial charge in [0, 0.05) is 11.6 Å². The lowest BCUT2D eigenvalue weighted by Crippen LogP contribution is -2.59. The summed E-state index contributed by atoms with van der Waals surface area (Å²) in [7, 11) is 0. The molecule has 2 rings (SSSR count). The van der Waals surface area contributed by atoms with Crippen LogP contribution in [-0.2, 0) is 0 Å². The summed E-state index contributed by atoms with van der Waals surface area (Å²) in [5.41, 5.74) is 0.307. The minimum absolute atomic E-state index is 0.307. The van der Waals surface area contributed by atoms with E-state index in [0.717, 1.165) is 24.3 Å². The van der Waals surface area contributed by atoms with Gasteiger partial charge in [0.1, 0.15) is 0 Å². The highest BCUT2D eigenvalue weighted by Crippen LogP contribution is 2.50. The molecule has 0 spiro atoms. The highest BCUT2D eigenvalue weighted by Gasteiger charge is 2.44. The van der Waals surface area contributed by atoms with Crippen LogP contribution in [0.15, 0.2) is 0 Å². The Hall–Kier alpha value is -0.0800. The lowest BCUT2D eigenvalue weighted by molar-refractivity contribution is 0.0558. The summed E-state index contributed by atoms with van der Waals surface area (Å²) >= 11 is 0. The van der Waals surface area contributed by atoms with Crippen molar-refractivity contribution in [2.75, 3.05) is 19.6 Å². The van der Waals surface area contributed by atoms with Crippen molar-refractivity contribution >= 4 is 0 Å². The van der Waals surface area contributed by atoms with Crippen LogP contribution in [-0.4, -0.2) is 36.1 Å². The first-order valence-electron chi connectivity index (χ1n) is 9.57. The van der Waals surface area contributed by atoms with Gasteiger partial charge in [-0.05, 0) is 76.4 Å². The van der Waals surface area contributed by atoms with Crippen molar-refractivity contribution < 1.29 is 0 Å². The summed E-state index contributed by atoms with van der Waals surface area (Å²) in [6, 6.07) is 0.650. The van der Waals surface area contributed by atoms with Gasteiger partial charge in [0.25, 0.3) is 0 Å². The molecule has 2 saturated carbocycles. The molecule has 0 saturated heterocycles. The van der Waals surface area contributed by atoms with Crippen LogP contribution in [0.2, 0.25) is 0 Å². The van der Waals surface area contributed by atoms with E-state index in [1.54, 1.807) is 0 Å². The van der Waals surface area contributed by atoms with Crippen molar-refractivity contribution in [1.29, 1.82) is 0 Å². The molecule has 0 aromatic carbocycles. The van der Waals surface area contributed by atoms with Crippen LogP contribution in [0.4, 0.5) is 0 Å². The van der Waals surface area contributed by atoms with E-state index in [9.17, 15) is 0 Å². The van der Waals surface area contributed by atoms with Gasteiger partial charge in [0.2, 0.25) is 0 Å². The van der Waals surface area contributed by atoms with Gasteiger partial charge in [0.15, 0.2) is 0 Å². The molecule has 2 aliphatic carbocycles. The second kappa shape index (κ2) is 7.46. The minimum Gasteiger partial charge on any atom is -0.312 e. The Morgan fingerprint density at radius 3 is 2.24 bits per heavy atom. The van der Waals surface area contributed by atoms with E-state index in [0.29, 0.717) is 11.6 Å². The van der Waals surface area contributed by atoms with E-state index in [2.05, 4.69) is 44.8 Å². The molecule has 21 heavy (non-hydrogen) atoms. The molecule has 0 amide bonds. The van der Waals surface area contributed by atoms with Crippen LogP contribution in [0.25, 0.3) is 0 Å². The number of nitrogens with zero attached hydrogens (tertiary/aromatic N) is 1. The van der Waals surface area contributed by atoms with Crippen LogP contribution in [0, 0.1) is 17.8 Å². The number of hydrogen-bond acceptors (Lipinski definition) is 2. The van der Waals surface area contributed by atoms with Crippen LogP contribution < -0.4 is 5.32 Å². The first kappa shape index (κ1) is 17.3. The Balaban J connectivity index is 2.08. The van der Waals surface area contributed by atoms with E-state index < -0.39 is 0 Å². The molecule has 2 bridgehead atoms. The molecular weight excluding hydrogens is 256 g/mol. The molecule has 124 valence electrons. The van der Waals surface area contributed by atoms with Gasteiger partial charge >= 0.3 is 0 Å². The average Bonchev–Trinajstić information content (AvgIpc) is 3.10. The number of rotatable bonds is 9. The molecular formula is C19H38N2. The maximum absolute atomic E-state index is 3.87. The predicted molar refractivity (Wildman–Crippen MR) is 92.6 cm³/mol. The standard InChI is InChI=1S/C19H38N2/c1-6-19(5,21(8-3)9-4)18(20-7-2)14-17-13-15-10-11-16(17)12-15/h15-18,20H,6-14H2,1-5H3. The Kier molecular flexibility index (Phi) is 6.14. The smallest absolute Gasteiger partial charge is 0.0331 e. The largest absolute Gasteiger partial charge is 0.312 e. The van der Waals surface area contributed by atoms with Gasteiger partial charge in [-0.15, -0.1) is 0 Å². The zero-order valence-corrected chi connectivity index (χ0v) is 15.1. The molecule has 2 aliphatic rings. The van der Waals surface area contributed by atoms with Crippen molar-refractivity contribution in [3.63, 3.8) is 0 Å². The quantitative estimate of drug-likeness (QED) is 0.682. The molecule has 0 aromatic rings. The third kappa shape index (κ3) is 3.47. The number of fused-ring (bicyclic) bond motifs is 2. The monoisotopic (exact) mass is 294 g/mol. The van der Waals surface area contributed by atoms with Gasteiger partial charge < -0.3 is 5.32 Å². The fourth-order valence-electron chi connectivity index (χ4n) is 5.41.